The van der Waals surface area contributed by atoms with Crippen molar-refractivity contribution in [3.63, 3.8) is 0 Å². The van der Waals surface area contributed by atoms with Crippen LogP contribution in [-0.2, 0) is 0 Å². The molecule has 8 heteroatoms. The Morgan fingerprint density at radius 1 is 1.30 bits per heavy atom. The fraction of sp³-hybridized carbons (Fsp3) is 0.333. The molecule has 7 nitrogen and oxygen atoms in total. The molecule has 0 aliphatic rings. The summed E-state index contributed by atoms with van der Waals surface area (Å²) in [7, 11) is 3.28. The van der Waals surface area contributed by atoms with Crippen molar-refractivity contribution in [3.05, 3.63) is 29.6 Å². The molecule has 1 aromatic rings. The van der Waals surface area contributed by atoms with Crippen LogP contribution in [0.15, 0.2) is 18.3 Å². The van der Waals surface area contributed by atoms with Gasteiger partial charge in [0.2, 0.25) is 0 Å². The molecule has 20 heavy (non-hydrogen) atoms. The van der Waals surface area contributed by atoms with Crippen molar-refractivity contribution in [2.24, 2.45) is 5.73 Å². The number of nitrogens with zero attached hydrogens (tertiary/aromatic N) is 2. The third-order valence-corrected chi connectivity index (χ3v) is 2.61. The zero-order chi connectivity index (χ0) is 15.1. The lowest BCUT2D eigenvalue weighted by Gasteiger charge is -2.12. The van der Waals surface area contributed by atoms with E-state index in [1.165, 1.54) is 11.1 Å². The van der Waals surface area contributed by atoms with Crippen molar-refractivity contribution >= 4 is 29.1 Å². The number of carbonyl (C=O) groups is 2. The van der Waals surface area contributed by atoms with Gasteiger partial charge in [0.25, 0.3) is 5.91 Å². The summed E-state index contributed by atoms with van der Waals surface area (Å²) in [6.07, 6.45) is 1.45. The van der Waals surface area contributed by atoms with E-state index in [-0.39, 0.29) is 22.6 Å². The number of carbonyl (C=O) groups excluding carboxylic acids is 2. The minimum atomic E-state index is -0.321. The quantitative estimate of drug-likeness (QED) is 0.512. The van der Waals surface area contributed by atoms with E-state index < -0.39 is 0 Å². The molecule has 0 saturated heterocycles. The molecule has 0 atom stereocenters. The fourth-order valence-corrected chi connectivity index (χ4v) is 1.39. The summed E-state index contributed by atoms with van der Waals surface area (Å²) < 4.78 is 0. The van der Waals surface area contributed by atoms with Crippen LogP contribution in [0.4, 0.5) is 4.79 Å². The third kappa shape index (κ3) is 4.81. The van der Waals surface area contributed by atoms with E-state index in [2.05, 4.69) is 15.6 Å². The van der Waals surface area contributed by atoms with E-state index in [9.17, 15) is 9.59 Å². The second-order valence-corrected chi connectivity index (χ2v) is 4.62. The minimum absolute atomic E-state index is 0.210. The Hall–Kier alpha value is -2.22. The Morgan fingerprint density at radius 3 is 2.45 bits per heavy atom. The van der Waals surface area contributed by atoms with Gasteiger partial charge in [-0.3, -0.25) is 9.78 Å². The Morgan fingerprint density at radius 2 is 1.95 bits per heavy atom. The van der Waals surface area contributed by atoms with E-state index in [4.69, 9.17) is 18.0 Å². The van der Waals surface area contributed by atoms with Crippen molar-refractivity contribution < 1.29 is 9.59 Å². The zero-order valence-electron chi connectivity index (χ0n) is 11.3. The Bertz CT molecular complexity index is 501. The zero-order valence-corrected chi connectivity index (χ0v) is 12.2. The number of nitrogens with two attached hydrogens (primary N) is 1. The molecule has 1 rings (SSSR count). The topological polar surface area (TPSA) is 100 Å². The molecule has 0 spiro atoms. The second-order valence-electron chi connectivity index (χ2n) is 4.18. The first-order valence-corrected chi connectivity index (χ1v) is 6.32. The Labute approximate surface area is 122 Å². The largest absolute Gasteiger partial charge is 0.389 e. The van der Waals surface area contributed by atoms with Gasteiger partial charge in [-0.1, -0.05) is 12.2 Å². The predicted molar refractivity (Wildman–Crippen MR) is 79.5 cm³/mol. The highest BCUT2D eigenvalue weighted by molar-refractivity contribution is 7.80. The second kappa shape index (κ2) is 7.39. The lowest BCUT2D eigenvalue weighted by atomic mass is 10.2. The van der Waals surface area contributed by atoms with Crippen molar-refractivity contribution in [2.45, 2.75) is 0 Å². The molecule has 0 aliphatic carbocycles. The number of hydrogen-bond donors (Lipinski definition) is 3. The molecule has 0 radical (unpaired) electrons. The number of pyridine rings is 1. The lowest BCUT2D eigenvalue weighted by Crippen LogP contribution is -2.39. The molecule has 3 amide bonds. The van der Waals surface area contributed by atoms with Crippen LogP contribution in [0.5, 0.6) is 0 Å². The molecular formula is C12H17N5O2S. The maximum absolute atomic E-state index is 11.7. The SMILES string of the molecule is CN(C)C(=O)NCCNC(=O)c1ccc(C(N)=S)cn1. The predicted octanol–water partition coefficient (Wildman–Crippen LogP) is -0.283. The summed E-state index contributed by atoms with van der Waals surface area (Å²) in [6.45, 7) is 0.658. The van der Waals surface area contributed by atoms with Crippen molar-refractivity contribution in [3.8, 4) is 0 Å². The maximum atomic E-state index is 11.7. The number of urea groups is 1. The number of hydrogen-bond acceptors (Lipinski definition) is 4. The van der Waals surface area contributed by atoms with Crippen molar-refractivity contribution in [1.29, 1.82) is 0 Å². The molecule has 1 aromatic heterocycles. The minimum Gasteiger partial charge on any atom is -0.389 e. The van der Waals surface area contributed by atoms with Crippen molar-refractivity contribution in [2.75, 3.05) is 27.2 Å². The van der Waals surface area contributed by atoms with Gasteiger partial charge in [-0.15, -0.1) is 0 Å². The van der Waals surface area contributed by atoms with E-state index in [1.807, 2.05) is 0 Å². The third-order valence-electron chi connectivity index (χ3n) is 2.37. The van der Waals surface area contributed by atoms with Crippen LogP contribution in [0, 0.1) is 0 Å². The Balaban J connectivity index is 2.39. The molecule has 108 valence electrons. The molecule has 0 aliphatic heterocycles. The summed E-state index contributed by atoms with van der Waals surface area (Å²) in [5.74, 6) is -0.321. The monoisotopic (exact) mass is 295 g/mol. The molecule has 0 saturated carbocycles. The van der Waals surface area contributed by atoms with E-state index in [1.54, 1.807) is 26.2 Å². The van der Waals surface area contributed by atoms with Crippen LogP contribution in [0.3, 0.4) is 0 Å². The summed E-state index contributed by atoms with van der Waals surface area (Å²) in [4.78, 5) is 28.6. The van der Waals surface area contributed by atoms with Crippen LogP contribution in [0.25, 0.3) is 0 Å². The van der Waals surface area contributed by atoms with Crippen LogP contribution in [0.2, 0.25) is 0 Å². The molecule has 0 bridgehead atoms. The first-order chi connectivity index (χ1) is 9.41. The maximum Gasteiger partial charge on any atom is 0.316 e. The summed E-state index contributed by atoms with van der Waals surface area (Å²) in [6, 6.07) is 2.97. The lowest BCUT2D eigenvalue weighted by molar-refractivity contribution is 0.0948. The van der Waals surface area contributed by atoms with Gasteiger partial charge in [-0.25, -0.2) is 4.79 Å². The number of rotatable bonds is 5. The number of aromatic nitrogens is 1. The highest BCUT2D eigenvalue weighted by Crippen LogP contribution is 2.00. The first kappa shape index (κ1) is 15.8. The van der Waals surface area contributed by atoms with Crippen LogP contribution in [0.1, 0.15) is 16.1 Å². The fourth-order valence-electron chi connectivity index (χ4n) is 1.27. The van der Waals surface area contributed by atoms with Gasteiger partial charge >= 0.3 is 6.03 Å². The molecular weight excluding hydrogens is 278 g/mol. The summed E-state index contributed by atoms with van der Waals surface area (Å²) in [5.41, 5.74) is 6.31. The van der Waals surface area contributed by atoms with Gasteiger partial charge in [0.15, 0.2) is 0 Å². The number of amides is 3. The summed E-state index contributed by atoms with van der Waals surface area (Å²) in [5, 5.41) is 5.27. The van der Waals surface area contributed by atoms with Crippen molar-refractivity contribution in [1.82, 2.24) is 20.5 Å². The van der Waals surface area contributed by atoms with Gasteiger partial charge in [0.05, 0.1) is 0 Å². The summed E-state index contributed by atoms with van der Waals surface area (Å²) >= 11 is 4.80. The normalized spacial score (nSPS) is 9.70. The average molecular weight is 295 g/mol. The van der Waals surface area contributed by atoms with Crippen LogP contribution >= 0.6 is 12.2 Å². The van der Waals surface area contributed by atoms with Gasteiger partial charge in [0, 0.05) is 38.9 Å². The highest BCUT2D eigenvalue weighted by atomic mass is 32.1. The number of nitrogens with one attached hydrogen (secondary N) is 2. The first-order valence-electron chi connectivity index (χ1n) is 5.91. The molecule has 0 fully saturated rings. The van der Waals surface area contributed by atoms with E-state index in [0.717, 1.165) is 0 Å². The van der Waals surface area contributed by atoms with Crippen LogP contribution < -0.4 is 16.4 Å². The van der Waals surface area contributed by atoms with Gasteiger partial charge in [-0.2, -0.15) is 0 Å². The van der Waals surface area contributed by atoms with Crippen LogP contribution in [-0.4, -0.2) is 54.0 Å². The number of thiocarbonyl (C=S) groups is 1. The standard InChI is InChI=1S/C12H17N5O2S/c1-17(2)12(19)15-6-5-14-11(18)9-4-3-8(7-16-9)10(13)20/h3-4,7H,5-6H2,1-2H3,(H2,13,20)(H,14,18)(H,15,19). The molecule has 0 aromatic carbocycles. The van der Waals surface area contributed by atoms with Gasteiger partial charge in [-0.05, 0) is 12.1 Å². The molecule has 0 unspecified atom stereocenters. The van der Waals surface area contributed by atoms with Gasteiger partial charge < -0.3 is 21.3 Å². The highest BCUT2D eigenvalue weighted by Gasteiger charge is 2.07. The molecule has 1 heterocycles. The average Bonchev–Trinajstić information content (AvgIpc) is 2.43. The molecule has 4 N–H and O–H groups in total. The van der Waals surface area contributed by atoms with E-state index >= 15 is 0 Å². The van der Waals surface area contributed by atoms with E-state index in [0.29, 0.717) is 18.7 Å². The Kier molecular flexibility index (Phi) is 5.85. The smallest absolute Gasteiger partial charge is 0.316 e. The van der Waals surface area contributed by atoms with Gasteiger partial charge in [0.1, 0.15) is 10.7 Å².